The first-order valence-corrected chi connectivity index (χ1v) is 28.1. The highest BCUT2D eigenvalue weighted by Crippen LogP contribution is 2.57. The number of benzene rings is 9. The molecule has 0 spiro atoms. The number of carbonyl (C=O) groups is 2. The van der Waals surface area contributed by atoms with Gasteiger partial charge in [-0.3, -0.25) is 9.59 Å². The molecule has 0 aromatic heterocycles. The first-order chi connectivity index (χ1) is 36.4. The summed E-state index contributed by atoms with van der Waals surface area (Å²) in [5.41, 5.74) is -1.93. The Balaban J connectivity index is 0.000000171. The van der Waals surface area contributed by atoms with Crippen LogP contribution in [0.1, 0.15) is 31.8 Å². The molecule has 0 aliphatic rings. The molecule has 0 radical (unpaired) electrons. The predicted molar refractivity (Wildman–Crippen MR) is 294 cm³/mol. The molecule has 0 N–H and O–H groups in total. The Hall–Kier alpha value is -6.88. The number of alkyl halides is 6. The minimum atomic E-state index is -5.05. The van der Waals surface area contributed by atoms with Gasteiger partial charge in [0, 0.05) is 21.2 Å². The molecule has 0 atom stereocenters. The maximum atomic E-state index is 13.5. The summed E-state index contributed by atoms with van der Waals surface area (Å²) in [6.45, 7) is 0. The largest absolute Gasteiger partial charge is 0.860 e. The van der Waals surface area contributed by atoms with Gasteiger partial charge in [0.15, 0.2) is 0 Å². The highest BCUT2D eigenvalue weighted by Gasteiger charge is 2.48. The van der Waals surface area contributed by atoms with Gasteiger partial charge in [0.2, 0.25) is 11.6 Å². The molecule has 9 rings (SSSR count). The Morgan fingerprint density at radius 2 is 0.632 bits per heavy atom. The lowest BCUT2D eigenvalue weighted by molar-refractivity contribution is -0.372. The number of Topliss-reactive ketones (excluding diaryl/α,β-unsaturated/α-hetero) is 2. The molecule has 0 fully saturated rings. The first kappa shape index (κ1) is 56.8. The van der Waals surface area contributed by atoms with Gasteiger partial charge < -0.3 is 14.7 Å². The summed E-state index contributed by atoms with van der Waals surface area (Å²) in [7, 11) is -7.36. The van der Waals surface area contributed by atoms with Crippen LogP contribution in [0.4, 0.5) is 26.3 Å². The molecule has 16 heteroatoms. The lowest BCUT2D eigenvalue weighted by Crippen LogP contribution is -2.50. The minimum Gasteiger partial charge on any atom is -0.860 e. The molecule has 0 bridgehead atoms. The van der Waals surface area contributed by atoms with E-state index in [4.69, 9.17) is 23.2 Å². The highest BCUT2D eigenvalue weighted by atomic mass is 35.5. The summed E-state index contributed by atoms with van der Waals surface area (Å²) in [6.07, 6.45) is -9.24. The number of ketones is 2. The van der Waals surface area contributed by atoms with Crippen LogP contribution in [0.15, 0.2) is 249 Å². The third-order valence-electron chi connectivity index (χ3n) is 12.1. The molecule has 0 aliphatic carbocycles. The fraction of sp³-hybridized carbons (Fsp3) is 0.0667. The number of rotatable bonds is 14. The molecule has 0 aliphatic heterocycles. The molecule has 0 saturated carbocycles. The third-order valence-corrected chi connectivity index (χ3v) is 21.2. The van der Waals surface area contributed by atoms with E-state index in [1.807, 2.05) is 60.7 Å². The van der Waals surface area contributed by atoms with Gasteiger partial charge in [-0.2, -0.15) is 26.3 Å². The molecular formula is C60H45BCl2F6O5P2. The van der Waals surface area contributed by atoms with Crippen LogP contribution in [-0.2, 0) is 12.4 Å². The lowest BCUT2D eigenvalue weighted by atomic mass is 10.1. The zero-order chi connectivity index (χ0) is 54.4. The summed E-state index contributed by atoms with van der Waals surface area (Å²) in [5.74, 6) is -0.815. The van der Waals surface area contributed by atoms with E-state index in [0.29, 0.717) is 33.5 Å². The Labute approximate surface area is 448 Å². The minimum absolute atomic E-state index is 0.131. The van der Waals surface area contributed by atoms with Crippen LogP contribution in [0.3, 0.4) is 0 Å². The average Bonchev–Trinajstić information content (AvgIpc) is 3.45. The van der Waals surface area contributed by atoms with E-state index in [0.717, 1.165) is 0 Å². The molecule has 5 nitrogen and oxygen atoms in total. The van der Waals surface area contributed by atoms with E-state index in [1.54, 1.807) is 24.3 Å². The molecule has 0 saturated heterocycles. The normalized spacial score (nSPS) is 11.5. The van der Waals surface area contributed by atoms with Crippen molar-refractivity contribution in [2.45, 2.75) is 12.4 Å². The molecule has 76 heavy (non-hydrogen) atoms. The van der Waals surface area contributed by atoms with E-state index in [-0.39, 0.29) is 29.8 Å². The van der Waals surface area contributed by atoms with Crippen molar-refractivity contribution in [2.24, 2.45) is 0 Å². The fourth-order valence-corrected chi connectivity index (χ4v) is 17.0. The Bertz CT molecular complexity index is 2870. The standard InChI is InChI=1S/2C26H21ClOP.C8H3BF6O3/c2*27-22-18-16-21(17-19-22)26(28)20-29(23-10-4-1-5-11-23,24-12-6-2-7-13-24)25-14-8-3-9-15-25;10-7(11,12)4-1-5(8(13,14)15)3-6(2-4)18-9(16)17/h2*1-19H,20H2;1-3H/q2*+1;-2. The molecule has 0 unspecified atom stereocenters. The van der Waals surface area contributed by atoms with Crippen LogP contribution in [0, 0.1) is 0 Å². The van der Waals surface area contributed by atoms with Crippen LogP contribution in [-0.4, -0.2) is 31.2 Å². The van der Waals surface area contributed by atoms with E-state index in [1.165, 1.54) is 31.8 Å². The molecule has 0 amide bonds. The second-order valence-corrected chi connectivity index (χ2v) is 24.8. The van der Waals surface area contributed by atoms with E-state index in [9.17, 15) is 46.0 Å². The lowest BCUT2D eigenvalue weighted by Gasteiger charge is -2.27. The van der Waals surface area contributed by atoms with Crippen LogP contribution in [0.5, 0.6) is 5.75 Å². The zero-order valence-corrected chi connectivity index (χ0v) is 43.4. The van der Waals surface area contributed by atoms with Crippen molar-refractivity contribution in [3.05, 3.63) is 281 Å². The first-order valence-electron chi connectivity index (χ1n) is 23.4. The summed E-state index contributed by atoms with van der Waals surface area (Å²) < 4.78 is 77.5. The molecular weight excluding hydrogens is 1060 g/mol. The van der Waals surface area contributed by atoms with Crippen LogP contribution < -0.4 is 46.5 Å². The van der Waals surface area contributed by atoms with E-state index >= 15 is 0 Å². The third kappa shape index (κ3) is 14.3. The molecule has 0 heterocycles. The van der Waals surface area contributed by atoms with Gasteiger partial charge in [0.25, 0.3) is 0 Å². The Kier molecular flexibility index (Phi) is 19.3. The summed E-state index contributed by atoms with van der Waals surface area (Å²) in [4.78, 5) is 27.0. The SMILES string of the molecule is O=C(C[P+](c1ccccc1)(c1ccccc1)c1ccccc1)c1ccc(Cl)cc1.O=C(C[P+](c1ccccc1)(c1ccccc1)c1ccccc1)c1ccc(Cl)cc1.[O-]B([O-])Oc1cc(C(F)(F)F)cc(C(F)(F)F)c1. The van der Waals surface area contributed by atoms with Crippen LogP contribution >= 0.6 is 37.7 Å². The topological polar surface area (TPSA) is 89.5 Å². The van der Waals surface area contributed by atoms with Gasteiger partial charge in [-0.1, -0.05) is 132 Å². The number of hydrogen-bond acceptors (Lipinski definition) is 5. The fourth-order valence-electron chi connectivity index (χ4n) is 8.53. The van der Waals surface area contributed by atoms with Crippen molar-refractivity contribution in [1.29, 1.82) is 0 Å². The molecule has 9 aromatic carbocycles. The monoisotopic (exact) mass is 1100 g/mol. The second kappa shape index (κ2) is 25.8. The van der Waals surface area contributed by atoms with Gasteiger partial charge in [-0.15, -0.1) is 0 Å². The maximum Gasteiger partial charge on any atom is 0.416 e. The highest BCUT2D eigenvalue weighted by molar-refractivity contribution is 7.96. The smallest absolute Gasteiger partial charge is 0.416 e. The maximum absolute atomic E-state index is 13.5. The number of hydrogen-bond donors (Lipinski definition) is 0. The van der Waals surface area contributed by atoms with Crippen molar-refractivity contribution < 1.29 is 50.6 Å². The van der Waals surface area contributed by atoms with Crippen molar-refractivity contribution in [3.8, 4) is 5.75 Å². The van der Waals surface area contributed by atoms with Gasteiger partial charge in [0.1, 0.15) is 66.0 Å². The van der Waals surface area contributed by atoms with E-state index in [2.05, 4.69) is 150 Å². The van der Waals surface area contributed by atoms with Gasteiger partial charge >= 0.3 is 12.4 Å². The molecule has 384 valence electrons. The van der Waals surface area contributed by atoms with Gasteiger partial charge in [-0.25, -0.2) is 0 Å². The summed E-state index contributed by atoms with van der Waals surface area (Å²) in [5, 5.41) is 28.7. The second-order valence-electron chi connectivity index (χ2n) is 17.0. The quantitative estimate of drug-likeness (QED) is 0.0468. The predicted octanol–water partition coefficient (Wildman–Crippen LogP) is 11.8. The number of halogens is 8. The van der Waals surface area contributed by atoms with Gasteiger partial charge in [0.05, 0.1) is 16.9 Å². The zero-order valence-electron chi connectivity index (χ0n) is 40.1. The molecule has 9 aromatic rings. The summed E-state index contributed by atoms with van der Waals surface area (Å²) >= 11 is 12.1. The van der Waals surface area contributed by atoms with Crippen molar-refractivity contribution >= 4 is 88.4 Å². The van der Waals surface area contributed by atoms with Crippen molar-refractivity contribution in [2.75, 3.05) is 12.3 Å². The van der Waals surface area contributed by atoms with Crippen molar-refractivity contribution in [3.63, 3.8) is 0 Å². The van der Waals surface area contributed by atoms with Crippen LogP contribution in [0.25, 0.3) is 0 Å². The van der Waals surface area contributed by atoms with Gasteiger partial charge in [-0.05, 0) is 140 Å². The summed E-state index contributed by atoms with van der Waals surface area (Å²) in [6, 6.07) is 77.3. The van der Waals surface area contributed by atoms with E-state index < -0.39 is 51.1 Å². The average molecular weight is 1100 g/mol. The van der Waals surface area contributed by atoms with Crippen molar-refractivity contribution in [1.82, 2.24) is 0 Å². The number of carbonyl (C=O) groups excluding carboxylic acids is 2. The van der Waals surface area contributed by atoms with Crippen LogP contribution in [0.2, 0.25) is 10.0 Å². The Morgan fingerprint density at radius 3 is 0.842 bits per heavy atom. The Morgan fingerprint density at radius 1 is 0.395 bits per heavy atom.